The molecule has 0 aliphatic carbocycles. The molecule has 0 aromatic heterocycles. The van der Waals surface area contributed by atoms with E-state index in [0.29, 0.717) is 22.0 Å². The maximum Gasteiger partial charge on any atom is 0.255 e. The number of methoxy groups -OCH3 is 1. The number of nitrogens with zero attached hydrogens (tertiary/aromatic N) is 1. The lowest BCUT2D eigenvalue weighted by atomic mass is 10.1. The highest BCUT2D eigenvalue weighted by Crippen LogP contribution is 2.15. The number of benzene rings is 3. The van der Waals surface area contributed by atoms with Crippen molar-refractivity contribution in [3.05, 3.63) is 94.5 Å². The molecule has 0 unspecified atom stereocenters. The van der Waals surface area contributed by atoms with Crippen LogP contribution in [0.15, 0.2) is 77.9 Å². The topological polar surface area (TPSA) is 79.8 Å². The lowest BCUT2D eigenvalue weighted by Gasteiger charge is -2.08. The van der Waals surface area contributed by atoms with Gasteiger partial charge in [-0.3, -0.25) is 9.59 Å². The Morgan fingerprint density at radius 1 is 0.968 bits per heavy atom. The average molecular weight is 436 g/mol. The number of amides is 2. The van der Waals surface area contributed by atoms with Gasteiger partial charge in [0.1, 0.15) is 5.75 Å². The van der Waals surface area contributed by atoms with E-state index in [1.165, 1.54) is 0 Å². The Balaban J connectivity index is 1.61. The fourth-order valence-electron chi connectivity index (χ4n) is 2.81. The van der Waals surface area contributed by atoms with Crippen LogP contribution in [0.2, 0.25) is 5.02 Å². The van der Waals surface area contributed by atoms with Crippen molar-refractivity contribution in [2.24, 2.45) is 5.10 Å². The monoisotopic (exact) mass is 435 g/mol. The maximum absolute atomic E-state index is 12.4. The number of nitrogens with one attached hydrogen (secondary N) is 2. The second-order valence-electron chi connectivity index (χ2n) is 6.80. The zero-order chi connectivity index (χ0) is 22.2. The molecule has 2 N–H and O–H groups in total. The molecule has 0 aliphatic heterocycles. The highest BCUT2D eigenvalue weighted by molar-refractivity contribution is 6.30. The second kappa shape index (κ2) is 10.4. The highest BCUT2D eigenvalue weighted by Gasteiger charge is 2.08. The molecule has 31 heavy (non-hydrogen) atoms. The molecule has 0 bridgehead atoms. The van der Waals surface area contributed by atoms with Crippen molar-refractivity contribution in [3.63, 3.8) is 0 Å². The molecule has 0 fully saturated rings. The van der Waals surface area contributed by atoms with E-state index in [0.717, 1.165) is 16.9 Å². The van der Waals surface area contributed by atoms with Crippen molar-refractivity contribution >= 4 is 34.8 Å². The predicted molar refractivity (Wildman–Crippen MR) is 123 cm³/mol. The van der Waals surface area contributed by atoms with Crippen molar-refractivity contribution in [2.75, 3.05) is 12.4 Å². The Hall–Kier alpha value is -3.64. The van der Waals surface area contributed by atoms with Crippen molar-refractivity contribution in [3.8, 4) is 5.75 Å². The summed E-state index contributed by atoms with van der Waals surface area (Å²) in [7, 11) is 1.59. The van der Waals surface area contributed by atoms with Gasteiger partial charge in [-0.05, 0) is 66.6 Å². The number of hydrazone groups is 1. The lowest BCUT2D eigenvalue weighted by Crippen LogP contribution is -2.21. The van der Waals surface area contributed by atoms with Gasteiger partial charge in [0.05, 0.1) is 19.2 Å². The van der Waals surface area contributed by atoms with Gasteiger partial charge in [0, 0.05) is 16.3 Å². The third kappa shape index (κ3) is 6.42. The number of hydrogen-bond acceptors (Lipinski definition) is 4. The Kier molecular flexibility index (Phi) is 7.40. The summed E-state index contributed by atoms with van der Waals surface area (Å²) in [5.41, 5.74) is 5.95. The van der Waals surface area contributed by atoms with Crippen LogP contribution >= 0.6 is 11.6 Å². The van der Waals surface area contributed by atoms with E-state index in [-0.39, 0.29) is 18.2 Å². The standard InChI is InChI=1S/C24H22ClN3O3/c1-16(27-28-23(29)14-17-6-12-22(31-2)13-7-17)19-4-3-5-21(15-19)26-24(30)18-8-10-20(25)11-9-18/h3-13,15H,14H2,1-2H3,(H,26,30)(H,28,29). The van der Waals surface area contributed by atoms with Gasteiger partial charge in [-0.2, -0.15) is 5.10 Å². The number of anilines is 1. The maximum atomic E-state index is 12.4. The number of halogens is 1. The van der Waals surface area contributed by atoms with Crippen LogP contribution < -0.4 is 15.5 Å². The van der Waals surface area contributed by atoms with Crippen LogP contribution in [0.1, 0.15) is 28.4 Å². The summed E-state index contributed by atoms with van der Waals surface area (Å²) >= 11 is 5.86. The van der Waals surface area contributed by atoms with Crippen molar-refractivity contribution < 1.29 is 14.3 Å². The van der Waals surface area contributed by atoms with Crippen molar-refractivity contribution in [2.45, 2.75) is 13.3 Å². The van der Waals surface area contributed by atoms with Crippen molar-refractivity contribution in [1.29, 1.82) is 0 Å². The molecule has 3 aromatic carbocycles. The smallest absolute Gasteiger partial charge is 0.255 e. The molecule has 0 radical (unpaired) electrons. The number of carbonyl (C=O) groups is 2. The molecule has 158 valence electrons. The quantitative estimate of drug-likeness (QED) is 0.417. The Morgan fingerprint density at radius 3 is 2.35 bits per heavy atom. The minimum absolute atomic E-state index is 0.206. The number of rotatable bonds is 7. The first-order valence-corrected chi connectivity index (χ1v) is 9.96. The third-order valence-electron chi connectivity index (χ3n) is 4.52. The Morgan fingerprint density at radius 2 is 1.68 bits per heavy atom. The fourth-order valence-corrected chi connectivity index (χ4v) is 2.93. The number of carbonyl (C=O) groups excluding carboxylic acids is 2. The van der Waals surface area contributed by atoms with Gasteiger partial charge in [0.15, 0.2) is 0 Å². The van der Waals surface area contributed by atoms with Gasteiger partial charge in [-0.25, -0.2) is 5.43 Å². The van der Waals surface area contributed by atoms with Crippen LogP contribution in [0.25, 0.3) is 0 Å². The third-order valence-corrected chi connectivity index (χ3v) is 4.77. The molecule has 0 saturated heterocycles. The highest BCUT2D eigenvalue weighted by atomic mass is 35.5. The van der Waals surface area contributed by atoms with E-state index < -0.39 is 0 Å². The summed E-state index contributed by atoms with van der Waals surface area (Å²) in [4.78, 5) is 24.6. The van der Waals surface area contributed by atoms with E-state index >= 15 is 0 Å². The Bertz CT molecular complexity index is 1090. The average Bonchev–Trinajstić information content (AvgIpc) is 2.78. The van der Waals surface area contributed by atoms with Crippen LogP contribution in [-0.4, -0.2) is 24.6 Å². The molecule has 2 amide bonds. The van der Waals surface area contributed by atoms with Gasteiger partial charge in [0.25, 0.3) is 5.91 Å². The molecule has 0 saturated carbocycles. The van der Waals surface area contributed by atoms with Gasteiger partial charge in [-0.1, -0.05) is 35.9 Å². The molecule has 3 rings (SSSR count). The summed E-state index contributed by atoms with van der Waals surface area (Å²) in [6, 6.07) is 21.2. The van der Waals surface area contributed by atoms with E-state index in [2.05, 4.69) is 15.8 Å². The molecule has 0 spiro atoms. The van der Waals surface area contributed by atoms with E-state index in [1.54, 1.807) is 62.6 Å². The van der Waals surface area contributed by atoms with Gasteiger partial charge < -0.3 is 10.1 Å². The first-order chi connectivity index (χ1) is 14.9. The first-order valence-electron chi connectivity index (χ1n) is 9.58. The predicted octanol–water partition coefficient (Wildman–Crippen LogP) is 4.68. The Labute approximate surface area is 185 Å². The van der Waals surface area contributed by atoms with Crippen LogP contribution in [0.5, 0.6) is 5.75 Å². The summed E-state index contributed by atoms with van der Waals surface area (Å²) < 4.78 is 5.11. The van der Waals surface area contributed by atoms with Crippen LogP contribution in [0, 0.1) is 0 Å². The van der Waals surface area contributed by atoms with Crippen LogP contribution in [-0.2, 0) is 11.2 Å². The summed E-state index contributed by atoms with van der Waals surface area (Å²) in [5, 5.41) is 7.59. The minimum atomic E-state index is -0.240. The second-order valence-corrected chi connectivity index (χ2v) is 7.24. The van der Waals surface area contributed by atoms with E-state index in [4.69, 9.17) is 16.3 Å². The van der Waals surface area contributed by atoms with Gasteiger partial charge in [-0.15, -0.1) is 0 Å². The fraction of sp³-hybridized carbons (Fsp3) is 0.125. The van der Waals surface area contributed by atoms with E-state index in [9.17, 15) is 9.59 Å². The van der Waals surface area contributed by atoms with Gasteiger partial charge in [0.2, 0.25) is 5.91 Å². The minimum Gasteiger partial charge on any atom is -0.497 e. The molecular weight excluding hydrogens is 414 g/mol. The summed E-state index contributed by atoms with van der Waals surface area (Å²) in [6.45, 7) is 1.79. The summed E-state index contributed by atoms with van der Waals surface area (Å²) in [6.07, 6.45) is 0.206. The summed E-state index contributed by atoms with van der Waals surface area (Å²) in [5.74, 6) is 0.272. The van der Waals surface area contributed by atoms with Crippen molar-refractivity contribution in [1.82, 2.24) is 5.43 Å². The van der Waals surface area contributed by atoms with E-state index in [1.807, 2.05) is 24.3 Å². The molecule has 0 heterocycles. The lowest BCUT2D eigenvalue weighted by molar-refractivity contribution is -0.120. The SMILES string of the molecule is COc1ccc(CC(=O)NN=C(C)c2cccc(NC(=O)c3ccc(Cl)cc3)c2)cc1. The number of hydrogen-bond donors (Lipinski definition) is 2. The molecule has 0 aliphatic rings. The molecular formula is C24H22ClN3O3. The normalized spacial score (nSPS) is 11.0. The first kappa shape index (κ1) is 22.1. The van der Waals surface area contributed by atoms with Crippen LogP contribution in [0.3, 0.4) is 0 Å². The van der Waals surface area contributed by atoms with Crippen LogP contribution in [0.4, 0.5) is 5.69 Å². The zero-order valence-electron chi connectivity index (χ0n) is 17.2. The largest absolute Gasteiger partial charge is 0.497 e. The zero-order valence-corrected chi connectivity index (χ0v) is 17.9. The molecule has 7 heteroatoms. The molecule has 0 atom stereocenters. The number of ether oxygens (including phenoxy) is 1. The molecule has 6 nitrogen and oxygen atoms in total. The molecule has 3 aromatic rings. The van der Waals surface area contributed by atoms with Gasteiger partial charge >= 0.3 is 0 Å².